The molecule has 0 radical (unpaired) electrons. The average Bonchev–Trinajstić information content (AvgIpc) is 2.92. The Hall–Kier alpha value is -0.310. The summed E-state index contributed by atoms with van der Waals surface area (Å²) in [4.78, 5) is 0. The summed E-state index contributed by atoms with van der Waals surface area (Å²) in [5, 5.41) is 7.96. The zero-order valence-electron chi connectivity index (χ0n) is 9.87. The largest absolute Gasteiger partial charge is 0.360 e. The Balaban J connectivity index is 1.45. The fraction of sp³-hybridized carbons (Fsp3) is 0.923. The molecule has 0 aromatic rings. The first-order chi connectivity index (χ1) is 7.81. The number of nitrogens with one attached hydrogen (secondary N) is 2. The Kier molecular flexibility index (Phi) is 3.05. The third-order valence-electron chi connectivity index (χ3n) is 4.74. The molecular formula is C13H22N2S. The van der Waals surface area contributed by atoms with Gasteiger partial charge in [-0.25, -0.2) is 0 Å². The molecule has 0 saturated heterocycles. The maximum atomic E-state index is 5.42. The lowest BCUT2D eigenvalue weighted by atomic mass is 9.95. The van der Waals surface area contributed by atoms with Gasteiger partial charge in [-0.3, -0.25) is 0 Å². The molecule has 3 aliphatic rings. The van der Waals surface area contributed by atoms with E-state index in [-0.39, 0.29) is 0 Å². The van der Waals surface area contributed by atoms with E-state index in [1.807, 2.05) is 0 Å². The van der Waals surface area contributed by atoms with Crippen molar-refractivity contribution in [2.45, 2.75) is 63.5 Å². The Labute approximate surface area is 104 Å². The Morgan fingerprint density at radius 3 is 2.38 bits per heavy atom. The number of fused-ring (bicyclic) bond motifs is 2. The molecule has 2 nitrogen and oxygen atoms in total. The molecule has 3 atom stereocenters. The van der Waals surface area contributed by atoms with Crippen molar-refractivity contribution < 1.29 is 0 Å². The molecule has 3 heteroatoms. The molecule has 2 N–H and O–H groups in total. The van der Waals surface area contributed by atoms with Gasteiger partial charge in [-0.15, -0.1) is 0 Å². The zero-order valence-corrected chi connectivity index (χ0v) is 10.7. The minimum atomic E-state index is 0.651. The first-order valence-electron chi connectivity index (χ1n) is 6.88. The first kappa shape index (κ1) is 10.8. The second-order valence-corrected chi connectivity index (χ2v) is 6.29. The van der Waals surface area contributed by atoms with Crippen molar-refractivity contribution in [1.29, 1.82) is 0 Å². The van der Waals surface area contributed by atoms with E-state index in [9.17, 15) is 0 Å². The molecule has 0 amide bonds. The van der Waals surface area contributed by atoms with Crippen LogP contribution in [0.5, 0.6) is 0 Å². The van der Waals surface area contributed by atoms with Gasteiger partial charge >= 0.3 is 0 Å². The number of hydrogen-bond acceptors (Lipinski definition) is 1. The molecule has 16 heavy (non-hydrogen) atoms. The van der Waals surface area contributed by atoms with Crippen LogP contribution in [0.3, 0.4) is 0 Å². The Morgan fingerprint density at radius 2 is 1.75 bits per heavy atom. The number of hydrogen-bond donors (Lipinski definition) is 2. The van der Waals surface area contributed by atoms with Crippen molar-refractivity contribution in [3.05, 3.63) is 0 Å². The van der Waals surface area contributed by atoms with Crippen LogP contribution < -0.4 is 10.6 Å². The highest BCUT2D eigenvalue weighted by atomic mass is 32.1. The summed E-state index contributed by atoms with van der Waals surface area (Å²) in [6, 6.07) is 1.33. The summed E-state index contributed by atoms with van der Waals surface area (Å²) >= 11 is 5.42. The van der Waals surface area contributed by atoms with E-state index in [1.165, 1.54) is 51.4 Å². The van der Waals surface area contributed by atoms with Gasteiger partial charge in [0, 0.05) is 12.1 Å². The van der Waals surface area contributed by atoms with Gasteiger partial charge in [0.15, 0.2) is 5.11 Å². The van der Waals surface area contributed by atoms with Crippen LogP contribution in [0.15, 0.2) is 0 Å². The second-order valence-electron chi connectivity index (χ2n) is 5.88. The summed E-state index contributed by atoms with van der Waals surface area (Å²) in [6.45, 7) is 0. The predicted molar refractivity (Wildman–Crippen MR) is 70.4 cm³/mol. The molecular weight excluding hydrogens is 216 g/mol. The van der Waals surface area contributed by atoms with E-state index in [1.54, 1.807) is 0 Å². The maximum Gasteiger partial charge on any atom is 0.166 e. The van der Waals surface area contributed by atoms with Crippen molar-refractivity contribution in [2.75, 3.05) is 0 Å². The highest BCUT2D eigenvalue weighted by Gasteiger charge is 2.39. The fourth-order valence-corrected chi connectivity index (χ4v) is 4.21. The molecule has 2 bridgehead atoms. The van der Waals surface area contributed by atoms with Crippen molar-refractivity contribution in [3.8, 4) is 0 Å². The van der Waals surface area contributed by atoms with Crippen molar-refractivity contribution >= 4 is 17.3 Å². The topological polar surface area (TPSA) is 24.1 Å². The van der Waals surface area contributed by atoms with Crippen molar-refractivity contribution in [2.24, 2.45) is 11.8 Å². The molecule has 0 spiro atoms. The summed E-state index contributed by atoms with van der Waals surface area (Å²) < 4.78 is 0. The standard InChI is InChI=1S/C13H22N2S/c16-13(14-11-3-1-2-4-11)15-12-8-9-5-6-10(12)7-9/h9-12H,1-8H2,(H2,14,15,16)/t9-,10-,12-/m0/s1. The molecule has 0 aliphatic heterocycles. The van der Waals surface area contributed by atoms with Crippen molar-refractivity contribution in [3.63, 3.8) is 0 Å². The summed E-state index contributed by atoms with van der Waals surface area (Å²) in [5.41, 5.74) is 0. The molecule has 90 valence electrons. The van der Waals surface area contributed by atoms with Gasteiger partial charge in [-0.1, -0.05) is 19.3 Å². The average molecular weight is 238 g/mol. The summed E-state index contributed by atoms with van der Waals surface area (Å²) in [6.07, 6.45) is 11.0. The highest BCUT2D eigenvalue weighted by molar-refractivity contribution is 7.80. The Bertz CT molecular complexity index is 273. The maximum absolute atomic E-state index is 5.42. The van der Waals surface area contributed by atoms with Crippen LogP contribution in [0.25, 0.3) is 0 Å². The lowest BCUT2D eigenvalue weighted by molar-refractivity contribution is 0.387. The van der Waals surface area contributed by atoms with Crippen LogP contribution in [0.2, 0.25) is 0 Å². The van der Waals surface area contributed by atoms with Crippen LogP contribution >= 0.6 is 12.2 Å². The van der Waals surface area contributed by atoms with E-state index >= 15 is 0 Å². The van der Waals surface area contributed by atoms with Gasteiger partial charge < -0.3 is 10.6 Å². The quantitative estimate of drug-likeness (QED) is 0.723. The first-order valence-corrected chi connectivity index (χ1v) is 7.29. The van der Waals surface area contributed by atoms with E-state index in [0.717, 1.165) is 16.9 Å². The Morgan fingerprint density at radius 1 is 0.938 bits per heavy atom. The third-order valence-corrected chi connectivity index (χ3v) is 4.98. The summed E-state index contributed by atoms with van der Waals surface area (Å²) in [7, 11) is 0. The van der Waals surface area contributed by atoms with Crippen LogP contribution in [0.1, 0.15) is 51.4 Å². The predicted octanol–water partition coefficient (Wildman–Crippen LogP) is 2.58. The lowest BCUT2D eigenvalue weighted by Crippen LogP contribution is -2.47. The van der Waals surface area contributed by atoms with E-state index in [2.05, 4.69) is 10.6 Å². The molecule has 0 unspecified atom stereocenters. The summed E-state index contributed by atoms with van der Waals surface area (Å²) in [5.74, 6) is 1.91. The SMILES string of the molecule is S=C(NC1CCCC1)N[C@H]1C[C@H]2CC[C@H]1C2. The number of rotatable bonds is 2. The van der Waals surface area contributed by atoms with Crippen LogP contribution in [-0.2, 0) is 0 Å². The van der Waals surface area contributed by atoms with Gasteiger partial charge in [0.05, 0.1) is 0 Å². The monoisotopic (exact) mass is 238 g/mol. The van der Waals surface area contributed by atoms with Gasteiger partial charge in [0.25, 0.3) is 0 Å². The van der Waals surface area contributed by atoms with Gasteiger partial charge in [-0.05, 0) is 56.2 Å². The minimum absolute atomic E-state index is 0.651. The zero-order chi connectivity index (χ0) is 11.0. The van der Waals surface area contributed by atoms with E-state index in [4.69, 9.17) is 12.2 Å². The van der Waals surface area contributed by atoms with Crippen LogP contribution in [0, 0.1) is 11.8 Å². The van der Waals surface area contributed by atoms with Crippen molar-refractivity contribution in [1.82, 2.24) is 10.6 Å². The molecule has 3 saturated carbocycles. The van der Waals surface area contributed by atoms with Gasteiger partial charge in [0.1, 0.15) is 0 Å². The minimum Gasteiger partial charge on any atom is -0.360 e. The lowest BCUT2D eigenvalue weighted by Gasteiger charge is -2.26. The molecule has 0 heterocycles. The van der Waals surface area contributed by atoms with E-state index in [0.29, 0.717) is 12.1 Å². The molecule has 3 aliphatic carbocycles. The normalized spacial score (nSPS) is 37.9. The third kappa shape index (κ3) is 2.20. The second kappa shape index (κ2) is 4.52. The van der Waals surface area contributed by atoms with Crippen LogP contribution in [0.4, 0.5) is 0 Å². The molecule has 0 aromatic heterocycles. The molecule has 3 fully saturated rings. The molecule has 3 rings (SSSR count). The number of thiocarbonyl (C=S) groups is 1. The fourth-order valence-electron chi connectivity index (χ4n) is 3.89. The van der Waals surface area contributed by atoms with Gasteiger partial charge in [-0.2, -0.15) is 0 Å². The molecule has 0 aromatic carbocycles. The highest BCUT2D eigenvalue weighted by Crippen LogP contribution is 2.44. The van der Waals surface area contributed by atoms with Crippen LogP contribution in [-0.4, -0.2) is 17.2 Å². The smallest absolute Gasteiger partial charge is 0.166 e. The van der Waals surface area contributed by atoms with Gasteiger partial charge in [0.2, 0.25) is 0 Å². The van der Waals surface area contributed by atoms with E-state index < -0.39 is 0 Å².